The summed E-state index contributed by atoms with van der Waals surface area (Å²) in [5, 5.41) is 0. The van der Waals surface area contributed by atoms with E-state index in [4.69, 9.17) is 10.5 Å². The first-order chi connectivity index (χ1) is 9.72. The summed E-state index contributed by atoms with van der Waals surface area (Å²) >= 11 is 0. The Bertz CT molecular complexity index is 587. The van der Waals surface area contributed by atoms with Crippen molar-refractivity contribution in [3.63, 3.8) is 0 Å². The van der Waals surface area contributed by atoms with Gasteiger partial charge in [0.1, 0.15) is 5.75 Å². The zero-order valence-corrected chi connectivity index (χ0v) is 11.9. The highest BCUT2D eigenvalue weighted by molar-refractivity contribution is 5.66. The zero-order chi connectivity index (χ0) is 13.9. The molecule has 2 aromatic rings. The van der Waals surface area contributed by atoms with Crippen molar-refractivity contribution in [1.29, 1.82) is 0 Å². The number of hydrogen-bond acceptors (Lipinski definition) is 2. The SMILES string of the molecule is CC(N)Cc1ccc(-c2ccc3c(c2)CCCO3)cc1. The summed E-state index contributed by atoms with van der Waals surface area (Å²) < 4.78 is 5.66. The summed E-state index contributed by atoms with van der Waals surface area (Å²) in [5.74, 6) is 1.05. The average molecular weight is 267 g/mol. The van der Waals surface area contributed by atoms with Crippen molar-refractivity contribution >= 4 is 0 Å². The first kappa shape index (κ1) is 13.2. The molecule has 0 amide bonds. The third-order valence-corrected chi connectivity index (χ3v) is 3.75. The van der Waals surface area contributed by atoms with Crippen LogP contribution < -0.4 is 10.5 Å². The van der Waals surface area contributed by atoms with Crippen LogP contribution in [0.5, 0.6) is 5.75 Å². The highest BCUT2D eigenvalue weighted by atomic mass is 16.5. The normalized spacial score (nSPS) is 15.3. The second-order valence-corrected chi connectivity index (χ2v) is 5.65. The van der Waals surface area contributed by atoms with Crippen LogP contribution in [0.25, 0.3) is 11.1 Å². The van der Waals surface area contributed by atoms with Gasteiger partial charge in [-0.2, -0.15) is 0 Å². The van der Waals surface area contributed by atoms with E-state index in [0.29, 0.717) is 0 Å². The molecule has 0 aromatic heterocycles. The van der Waals surface area contributed by atoms with Crippen LogP contribution in [0.1, 0.15) is 24.5 Å². The van der Waals surface area contributed by atoms with Gasteiger partial charge in [-0.1, -0.05) is 30.3 Å². The van der Waals surface area contributed by atoms with Crippen LogP contribution in [0, 0.1) is 0 Å². The number of fused-ring (bicyclic) bond motifs is 1. The largest absolute Gasteiger partial charge is 0.493 e. The Hall–Kier alpha value is -1.80. The van der Waals surface area contributed by atoms with Crippen LogP contribution in [-0.4, -0.2) is 12.6 Å². The molecule has 1 aliphatic heterocycles. The van der Waals surface area contributed by atoms with Crippen molar-refractivity contribution in [1.82, 2.24) is 0 Å². The van der Waals surface area contributed by atoms with Gasteiger partial charge in [0.15, 0.2) is 0 Å². The maximum absolute atomic E-state index is 5.84. The van der Waals surface area contributed by atoms with Crippen LogP contribution >= 0.6 is 0 Å². The van der Waals surface area contributed by atoms with Crippen LogP contribution in [0.4, 0.5) is 0 Å². The predicted octanol–water partition coefficient (Wildman–Crippen LogP) is 3.57. The van der Waals surface area contributed by atoms with E-state index in [-0.39, 0.29) is 6.04 Å². The van der Waals surface area contributed by atoms with Crippen molar-refractivity contribution in [2.45, 2.75) is 32.2 Å². The lowest BCUT2D eigenvalue weighted by Crippen LogP contribution is -2.17. The Morgan fingerprint density at radius 3 is 2.60 bits per heavy atom. The standard InChI is InChI=1S/C18H21NO/c1-13(19)11-14-4-6-15(7-5-14)16-8-9-18-17(12-16)3-2-10-20-18/h4-9,12-13H,2-3,10-11,19H2,1H3. The highest BCUT2D eigenvalue weighted by Gasteiger charge is 2.11. The van der Waals surface area contributed by atoms with Gasteiger partial charge in [-0.15, -0.1) is 0 Å². The molecule has 2 heteroatoms. The molecule has 0 bridgehead atoms. The zero-order valence-electron chi connectivity index (χ0n) is 11.9. The molecule has 1 aliphatic rings. The number of benzene rings is 2. The summed E-state index contributed by atoms with van der Waals surface area (Å²) in [6.45, 7) is 2.88. The maximum atomic E-state index is 5.84. The van der Waals surface area contributed by atoms with Gasteiger partial charge in [-0.3, -0.25) is 0 Å². The van der Waals surface area contributed by atoms with Crippen LogP contribution in [0.2, 0.25) is 0 Å². The van der Waals surface area contributed by atoms with Crippen molar-refractivity contribution in [2.24, 2.45) is 5.73 Å². The smallest absolute Gasteiger partial charge is 0.122 e. The number of nitrogens with two attached hydrogens (primary N) is 1. The number of hydrogen-bond donors (Lipinski definition) is 1. The summed E-state index contributed by atoms with van der Waals surface area (Å²) in [6.07, 6.45) is 3.16. The Balaban J connectivity index is 1.85. The second-order valence-electron chi connectivity index (χ2n) is 5.65. The van der Waals surface area contributed by atoms with Gasteiger partial charge >= 0.3 is 0 Å². The summed E-state index contributed by atoms with van der Waals surface area (Å²) in [4.78, 5) is 0. The summed E-state index contributed by atoms with van der Waals surface area (Å²) in [7, 11) is 0. The van der Waals surface area contributed by atoms with E-state index in [1.54, 1.807) is 0 Å². The minimum absolute atomic E-state index is 0.210. The Labute approximate surface area is 120 Å². The van der Waals surface area contributed by atoms with Gasteiger partial charge in [-0.05, 0) is 60.6 Å². The van der Waals surface area contributed by atoms with E-state index in [0.717, 1.165) is 31.6 Å². The molecule has 0 saturated heterocycles. The lowest BCUT2D eigenvalue weighted by atomic mass is 9.97. The van der Waals surface area contributed by atoms with Crippen molar-refractivity contribution in [3.8, 4) is 16.9 Å². The topological polar surface area (TPSA) is 35.2 Å². The lowest BCUT2D eigenvalue weighted by Gasteiger charge is -2.18. The van der Waals surface area contributed by atoms with Crippen molar-refractivity contribution < 1.29 is 4.74 Å². The fraction of sp³-hybridized carbons (Fsp3) is 0.333. The van der Waals surface area contributed by atoms with Gasteiger partial charge in [0, 0.05) is 6.04 Å². The van der Waals surface area contributed by atoms with Gasteiger partial charge in [-0.25, -0.2) is 0 Å². The third kappa shape index (κ3) is 2.86. The minimum Gasteiger partial charge on any atom is -0.493 e. The Morgan fingerprint density at radius 1 is 1.10 bits per heavy atom. The molecule has 2 aromatic carbocycles. The minimum atomic E-state index is 0.210. The molecule has 1 unspecified atom stereocenters. The monoisotopic (exact) mass is 267 g/mol. The molecule has 0 fully saturated rings. The fourth-order valence-electron chi connectivity index (χ4n) is 2.74. The Kier molecular flexibility index (Phi) is 3.75. The highest BCUT2D eigenvalue weighted by Crippen LogP contribution is 2.30. The van der Waals surface area contributed by atoms with E-state index in [1.807, 2.05) is 6.92 Å². The van der Waals surface area contributed by atoms with E-state index in [1.165, 1.54) is 22.3 Å². The molecular formula is C18H21NO. The van der Waals surface area contributed by atoms with Crippen LogP contribution in [-0.2, 0) is 12.8 Å². The molecule has 1 heterocycles. The van der Waals surface area contributed by atoms with Crippen LogP contribution in [0.3, 0.4) is 0 Å². The Morgan fingerprint density at radius 2 is 1.85 bits per heavy atom. The summed E-state index contributed by atoms with van der Waals surface area (Å²) in [6, 6.07) is 15.4. The molecule has 1 atom stereocenters. The molecule has 2 N–H and O–H groups in total. The van der Waals surface area contributed by atoms with Gasteiger partial charge in [0.2, 0.25) is 0 Å². The predicted molar refractivity (Wildman–Crippen MR) is 83.0 cm³/mol. The van der Waals surface area contributed by atoms with Gasteiger partial charge < -0.3 is 10.5 Å². The first-order valence-corrected chi connectivity index (χ1v) is 7.33. The van der Waals surface area contributed by atoms with E-state index in [9.17, 15) is 0 Å². The van der Waals surface area contributed by atoms with E-state index < -0.39 is 0 Å². The number of aryl methyl sites for hydroxylation is 1. The number of ether oxygens (including phenoxy) is 1. The quantitative estimate of drug-likeness (QED) is 0.922. The molecule has 3 rings (SSSR count). The average Bonchev–Trinajstić information content (AvgIpc) is 2.47. The van der Waals surface area contributed by atoms with Gasteiger partial charge in [0.25, 0.3) is 0 Å². The molecular weight excluding hydrogens is 246 g/mol. The fourth-order valence-corrected chi connectivity index (χ4v) is 2.74. The molecule has 20 heavy (non-hydrogen) atoms. The second kappa shape index (κ2) is 5.68. The van der Waals surface area contributed by atoms with E-state index >= 15 is 0 Å². The van der Waals surface area contributed by atoms with E-state index in [2.05, 4.69) is 42.5 Å². The molecule has 0 spiro atoms. The molecule has 0 radical (unpaired) electrons. The first-order valence-electron chi connectivity index (χ1n) is 7.33. The van der Waals surface area contributed by atoms with Gasteiger partial charge in [0.05, 0.1) is 6.61 Å². The van der Waals surface area contributed by atoms with Crippen molar-refractivity contribution in [3.05, 3.63) is 53.6 Å². The molecule has 2 nitrogen and oxygen atoms in total. The maximum Gasteiger partial charge on any atom is 0.122 e. The third-order valence-electron chi connectivity index (χ3n) is 3.75. The van der Waals surface area contributed by atoms with Crippen LogP contribution in [0.15, 0.2) is 42.5 Å². The molecule has 0 saturated carbocycles. The summed E-state index contributed by atoms with van der Waals surface area (Å²) in [5.41, 5.74) is 11.0. The molecule has 0 aliphatic carbocycles. The van der Waals surface area contributed by atoms with Crippen molar-refractivity contribution in [2.75, 3.05) is 6.61 Å². The number of rotatable bonds is 3. The molecule has 104 valence electrons. The lowest BCUT2D eigenvalue weighted by molar-refractivity contribution is 0.288.